The molecule has 5 rings (SSSR count). The molecule has 2 aliphatic carbocycles. The fraction of sp³-hybridized carbons (Fsp3) is 0.320. The molecule has 0 spiro atoms. The summed E-state index contributed by atoms with van der Waals surface area (Å²) in [6.07, 6.45) is 5.25. The second kappa shape index (κ2) is 7.69. The van der Waals surface area contributed by atoms with E-state index in [0.717, 1.165) is 12.0 Å². The molecule has 5 atom stereocenters. The van der Waals surface area contributed by atoms with E-state index in [0.29, 0.717) is 11.4 Å². The number of nitrogens with zero attached hydrogens (tertiary/aromatic N) is 1. The number of amides is 3. The van der Waals surface area contributed by atoms with Crippen LogP contribution >= 0.6 is 0 Å². The predicted octanol–water partition coefficient (Wildman–Crippen LogP) is 3.05. The summed E-state index contributed by atoms with van der Waals surface area (Å²) in [4.78, 5) is 41.3. The average Bonchev–Trinajstić information content (AvgIpc) is 3.47. The number of methoxy groups -OCH3 is 1. The van der Waals surface area contributed by atoms with Gasteiger partial charge in [0.05, 0.1) is 18.9 Å². The van der Waals surface area contributed by atoms with E-state index in [1.54, 1.807) is 31.4 Å². The van der Waals surface area contributed by atoms with Gasteiger partial charge in [-0.15, -0.1) is 0 Å². The quantitative estimate of drug-likeness (QED) is 0.580. The molecule has 2 fully saturated rings. The molecule has 2 aromatic rings. The zero-order valence-electron chi connectivity index (χ0n) is 17.2. The van der Waals surface area contributed by atoms with Crippen molar-refractivity contribution in [2.24, 2.45) is 23.7 Å². The van der Waals surface area contributed by atoms with Crippen LogP contribution in [0.5, 0.6) is 5.75 Å². The van der Waals surface area contributed by atoms with Gasteiger partial charge in [0.15, 0.2) is 0 Å². The molecule has 0 radical (unpaired) electrons. The fourth-order valence-corrected chi connectivity index (χ4v) is 5.30. The number of fused-ring (bicyclic) bond motifs is 5. The molecule has 1 N–H and O–H groups in total. The molecule has 1 aliphatic heterocycles. The number of anilines is 1. The van der Waals surface area contributed by atoms with Crippen LogP contribution in [0, 0.1) is 23.7 Å². The van der Waals surface area contributed by atoms with Crippen molar-refractivity contribution in [1.29, 1.82) is 0 Å². The van der Waals surface area contributed by atoms with Gasteiger partial charge in [-0.2, -0.15) is 0 Å². The average molecular weight is 416 g/mol. The number of rotatable bonds is 6. The highest BCUT2D eigenvalue weighted by Crippen LogP contribution is 2.53. The first-order chi connectivity index (χ1) is 15.1. The van der Waals surface area contributed by atoms with Crippen molar-refractivity contribution >= 4 is 23.4 Å². The molecule has 6 heteroatoms. The Balaban J connectivity index is 1.45. The maximum atomic E-state index is 13.4. The zero-order valence-corrected chi connectivity index (χ0v) is 17.2. The van der Waals surface area contributed by atoms with Crippen molar-refractivity contribution < 1.29 is 19.1 Å². The largest absolute Gasteiger partial charge is 0.497 e. The van der Waals surface area contributed by atoms with Crippen LogP contribution in [0.15, 0.2) is 66.7 Å². The number of imide groups is 1. The second-order valence-electron chi connectivity index (χ2n) is 8.47. The third-order valence-corrected chi connectivity index (χ3v) is 6.73. The van der Waals surface area contributed by atoms with Crippen molar-refractivity contribution in [2.75, 3.05) is 12.4 Å². The number of likely N-dealkylation sites (tertiary alicyclic amines) is 1. The van der Waals surface area contributed by atoms with Crippen LogP contribution in [0.2, 0.25) is 0 Å². The Hall–Kier alpha value is -3.41. The molecule has 1 saturated carbocycles. The number of carbonyl (C=O) groups excluding carboxylic acids is 3. The summed E-state index contributed by atoms with van der Waals surface area (Å²) in [5.41, 5.74) is 1.45. The summed E-state index contributed by atoms with van der Waals surface area (Å²) < 4.78 is 5.23. The lowest BCUT2D eigenvalue weighted by molar-refractivity contribution is -0.147. The lowest BCUT2D eigenvalue weighted by Crippen LogP contribution is -2.49. The van der Waals surface area contributed by atoms with Crippen LogP contribution in [-0.2, 0) is 20.8 Å². The van der Waals surface area contributed by atoms with E-state index in [1.807, 2.05) is 30.3 Å². The Kier molecular flexibility index (Phi) is 4.85. The fourth-order valence-electron chi connectivity index (χ4n) is 5.30. The maximum Gasteiger partial charge on any atom is 0.248 e. The molecule has 2 bridgehead atoms. The molecule has 31 heavy (non-hydrogen) atoms. The Bertz CT molecular complexity index is 1030. The van der Waals surface area contributed by atoms with E-state index in [-0.39, 0.29) is 47.8 Å². The van der Waals surface area contributed by atoms with E-state index >= 15 is 0 Å². The lowest BCUT2D eigenvalue weighted by atomic mass is 9.85. The van der Waals surface area contributed by atoms with E-state index in [4.69, 9.17) is 4.74 Å². The minimum absolute atomic E-state index is 0.107. The molecule has 0 aromatic heterocycles. The highest BCUT2D eigenvalue weighted by atomic mass is 16.5. The van der Waals surface area contributed by atoms with Crippen molar-refractivity contribution in [3.05, 3.63) is 72.3 Å². The van der Waals surface area contributed by atoms with Crippen LogP contribution in [0.3, 0.4) is 0 Å². The Morgan fingerprint density at radius 2 is 1.71 bits per heavy atom. The van der Waals surface area contributed by atoms with Crippen LogP contribution in [0.25, 0.3) is 0 Å². The summed E-state index contributed by atoms with van der Waals surface area (Å²) >= 11 is 0. The number of hydrogen-bond donors (Lipinski definition) is 1. The highest BCUT2D eigenvalue weighted by molar-refractivity contribution is 6.11. The van der Waals surface area contributed by atoms with Gasteiger partial charge in [-0.3, -0.25) is 19.3 Å². The molecule has 6 nitrogen and oxygen atoms in total. The molecule has 3 amide bonds. The molecule has 1 heterocycles. The Morgan fingerprint density at radius 3 is 2.35 bits per heavy atom. The number of hydrogen-bond acceptors (Lipinski definition) is 4. The first-order valence-electron chi connectivity index (χ1n) is 10.6. The van der Waals surface area contributed by atoms with Gasteiger partial charge < -0.3 is 10.1 Å². The number of ether oxygens (including phenoxy) is 1. The molecule has 3 aliphatic rings. The Morgan fingerprint density at radius 1 is 1.03 bits per heavy atom. The van der Waals surface area contributed by atoms with Crippen LogP contribution in [0.1, 0.15) is 12.0 Å². The maximum absolute atomic E-state index is 13.4. The third kappa shape index (κ3) is 3.32. The topological polar surface area (TPSA) is 75.7 Å². The Labute approximate surface area is 180 Å². The van der Waals surface area contributed by atoms with Gasteiger partial charge in [0.1, 0.15) is 11.8 Å². The molecule has 2 aromatic carbocycles. The van der Waals surface area contributed by atoms with Crippen LogP contribution < -0.4 is 10.1 Å². The summed E-state index contributed by atoms with van der Waals surface area (Å²) in [6.45, 7) is 0. The van der Waals surface area contributed by atoms with Crippen LogP contribution in [-0.4, -0.2) is 35.8 Å². The summed E-state index contributed by atoms with van der Waals surface area (Å²) in [5.74, 6) is -0.634. The van der Waals surface area contributed by atoms with Crippen LogP contribution in [0.4, 0.5) is 5.69 Å². The first kappa shape index (κ1) is 19.5. The number of nitrogens with one attached hydrogen (secondary N) is 1. The zero-order chi connectivity index (χ0) is 21.5. The van der Waals surface area contributed by atoms with E-state index in [2.05, 4.69) is 17.5 Å². The van der Waals surface area contributed by atoms with Gasteiger partial charge in [0.2, 0.25) is 17.7 Å². The predicted molar refractivity (Wildman–Crippen MR) is 115 cm³/mol. The minimum atomic E-state index is -0.904. The molecular weight excluding hydrogens is 392 g/mol. The molecule has 0 unspecified atom stereocenters. The molecular formula is C25H24N2O4. The normalized spacial score (nSPS) is 26.8. The van der Waals surface area contributed by atoms with Crippen molar-refractivity contribution in [2.45, 2.75) is 18.9 Å². The number of allylic oxidation sites excluding steroid dienone is 2. The van der Waals surface area contributed by atoms with Crippen molar-refractivity contribution in [1.82, 2.24) is 4.90 Å². The van der Waals surface area contributed by atoms with Crippen molar-refractivity contribution in [3.8, 4) is 5.75 Å². The van der Waals surface area contributed by atoms with Gasteiger partial charge in [0.25, 0.3) is 0 Å². The van der Waals surface area contributed by atoms with Gasteiger partial charge in [0, 0.05) is 18.2 Å². The number of carbonyl (C=O) groups is 3. The molecule has 158 valence electrons. The molecule has 1 saturated heterocycles. The standard InChI is InChI=1S/C25H24N2O4/c1-31-19-9-5-8-18(14-19)26-23(28)20(12-15-6-3-2-4-7-15)27-24(29)21-16-10-11-17(13-16)22(21)25(27)30/h2-11,14,16-17,20-22H,12-13H2,1H3,(H,26,28)/t16-,17-,20+,21-,22+/m0/s1. The lowest BCUT2D eigenvalue weighted by Gasteiger charge is -2.27. The van der Waals surface area contributed by atoms with E-state index in [9.17, 15) is 14.4 Å². The summed E-state index contributed by atoms with van der Waals surface area (Å²) in [6, 6.07) is 15.6. The van der Waals surface area contributed by atoms with Gasteiger partial charge >= 0.3 is 0 Å². The van der Waals surface area contributed by atoms with Gasteiger partial charge in [-0.1, -0.05) is 48.6 Å². The number of benzene rings is 2. The summed E-state index contributed by atoms with van der Waals surface area (Å²) in [7, 11) is 1.56. The second-order valence-corrected chi connectivity index (χ2v) is 8.47. The first-order valence-corrected chi connectivity index (χ1v) is 10.6. The third-order valence-electron chi connectivity index (χ3n) is 6.73. The minimum Gasteiger partial charge on any atom is -0.497 e. The smallest absolute Gasteiger partial charge is 0.248 e. The van der Waals surface area contributed by atoms with E-state index in [1.165, 1.54) is 4.90 Å². The highest BCUT2D eigenvalue weighted by Gasteiger charge is 2.61. The monoisotopic (exact) mass is 416 g/mol. The van der Waals surface area contributed by atoms with E-state index < -0.39 is 6.04 Å². The summed E-state index contributed by atoms with van der Waals surface area (Å²) in [5, 5.41) is 2.88. The SMILES string of the molecule is COc1cccc(NC(=O)[C@@H](Cc2ccccc2)N2C(=O)[C@@H]3[C@H](C2=O)[C@H]2C=C[C@H]3C2)c1. The van der Waals surface area contributed by atoms with Crippen molar-refractivity contribution in [3.63, 3.8) is 0 Å². The van der Waals surface area contributed by atoms with Gasteiger partial charge in [-0.05, 0) is 36.0 Å². The van der Waals surface area contributed by atoms with Gasteiger partial charge in [-0.25, -0.2) is 0 Å².